The molecular weight excluding hydrogens is 757 g/mol. The van der Waals surface area contributed by atoms with Gasteiger partial charge in [-0.25, -0.2) is 8.42 Å². The zero-order chi connectivity index (χ0) is 40.4. The molecule has 5 amide bonds. The van der Waals surface area contributed by atoms with Crippen LogP contribution in [0.15, 0.2) is 53.4 Å². The standard InChI is InChI=1S/C35H44N7O11PS/c1-19(20-4-8-24(9-5-20)55(3,52)53)37-31(44)26(11-13-30(36)43)39-33(46)29-12-7-23-14-15-41(2)18-28(34(47)42(23)29)40-32(45)27-17-22-16-21(6-10-25(22)38-27)35(48)54(49,50)51/h4-6,8-10,16-17,19,23,26,28-29,38H,7,11-15,18H2,1-3H3,(H2,36,43)(H,37,44)(H,39,46)(H,40,45)(H2,49,50,51)/t19-,23+,26-,28-,29-/m0/s1. The molecule has 8 N–H and O–H groups in total. The molecule has 0 radical (unpaired) electrons. The van der Waals surface area contributed by atoms with Crippen LogP contribution in [0, 0.1) is 0 Å². The maximum Gasteiger partial charge on any atom is 0.396 e. The monoisotopic (exact) mass is 801 g/mol. The zero-order valence-electron chi connectivity index (χ0n) is 30.4. The third-order valence-corrected chi connectivity index (χ3v) is 11.8. The predicted octanol–water partition coefficient (Wildman–Crippen LogP) is 0.311. The Labute approximate surface area is 316 Å². The Morgan fingerprint density at radius 2 is 1.71 bits per heavy atom. The van der Waals surface area contributed by atoms with Gasteiger partial charge >= 0.3 is 7.60 Å². The molecule has 5 atom stereocenters. The van der Waals surface area contributed by atoms with Crippen molar-refractivity contribution in [3.8, 4) is 0 Å². The number of aromatic amines is 1. The van der Waals surface area contributed by atoms with Crippen molar-refractivity contribution < 1.29 is 51.5 Å². The number of benzene rings is 2. The molecule has 0 unspecified atom stereocenters. The van der Waals surface area contributed by atoms with E-state index in [-0.39, 0.29) is 48.0 Å². The fourth-order valence-corrected chi connectivity index (χ4v) is 8.02. The topological polar surface area (TPSA) is 278 Å². The number of likely N-dealkylation sites (N-methyl/N-ethyl adjacent to an activating group) is 1. The van der Waals surface area contributed by atoms with E-state index in [2.05, 4.69) is 20.9 Å². The molecule has 2 aromatic carbocycles. The first-order valence-corrected chi connectivity index (χ1v) is 21.0. The van der Waals surface area contributed by atoms with Crippen molar-refractivity contribution in [3.05, 3.63) is 65.4 Å². The predicted molar refractivity (Wildman–Crippen MR) is 198 cm³/mol. The molecule has 55 heavy (non-hydrogen) atoms. The fraction of sp³-hybridized carbons (Fsp3) is 0.429. The van der Waals surface area contributed by atoms with Crippen molar-refractivity contribution in [2.45, 2.75) is 74.1 Å². The van der Waals surface area contributed by atoms with Crippen molar-refractivity contribution >= 4 is 63.4 Å². The van der Waals surface area contributed by atoms with Crippen molar-refractivity contribution in [1.82, 2.24) is 30.7 Å². The molecule has 0 aliphatic carbocycles. The number of nitrogens with zero attached hydrogens (tertiary/aromatic N) is 2. The van der Waals surface area contributed by atoms with E-state index in [1.165, 1.54) is 41.3 Å². The first-order chi connectivity index (χ1) is 25.7. The summed E-state index contributed by atoms with van der Waals surface area (Å²) in [5.41, 5.74) is 4.78. The van der Waals surface area contributed by atoms with Crippen LogP contribution in [0.3, 0.4) is 0 Å². The lowest BCUT2D eigenvalue weighted by atomic mass is 10.1. The number of sulfone groups is 1. The lowest BCUT2D eigenvalue weighted by molar-refractivity contribution is -0.144. The molecule has 0 spiro atoms. The molecule has 2 fully saturated rings. The van der Waals surface area contributed by atoms with Crippen LogP contribution >= 0.6 is 7.60 Å². The van der Waals surface area contributed by atoms with Crippen LogP contribution in [-0.4, -0.2) is 119 Å². The number of nitrogens with one attached hydrogen (secondary N) is 4. The van der Waals surface area contributed by atoms with Crippen LogP contribution in [0.4, 0.5) is 0 Å². The van der Waals surface area contributed by atoms with Crippen molar-refractivity contribution in [2.75, 3.05) is 26.4 Å². The maximum atomic E-state index is 14.2. The van der Waals surface area contributed by atoms with E-state index in [1.54, 1.807) is 26.1 Å². The number of hydrogen-bond acceptors (Lipinski definition) is 10. The van der Waals surface area contributed by atoms with Gasteiger partial charge in [0.2, 0.25) is 23.6 Å². The van der Waals surface area contributed by atoms with Gasteiger partial charge in [-0.1, -0.05) is 12.1 Å². The molecule has 2 aliphatic rings. The number of H-pyrrole nitrogens is 1. The number of hydrogen-bond donors (Lipinski definition) is 7. The first kappa shape index (κ1) is 41.2. The average molecular weight is 802 g/mol. The van der Waals surface area contributed by atoms with E-state index >= 15 is 0 Å². The van der Waals surface area contributed by atoms with Crippen molar-refractivity contribution in [1.29, 1.82) is 0 Å². The van der Waals surface area contributed by atoms with Crippen LogP contribution < -0.4 is 21.7 Å². The number of primary amides is 1. The highest BCUT2D eigenvalue weighted by Gasteiger charge is 2.45. The third kappa shape index (κ3) is 9.84. The molecule has 2 saturated heterocycles. The molecule has 3 heterocycles. The number of nitrogens with two attached hydrogens (primary N) is 1. The Hall–Kier alpha value is -4.94. The number of aromatic nitrogens is 1. The Kier molecular flexibility index (Phi) is 12.3. The summed E-state index contributed by atoms with van der Waals surface area (Å²) in [6.45, 7) is 2.33. The molecule has 0 saturated carbocycles. The van der Waals surface area contributed by atoms with Gasteiger partial charge in [0, 0.05) is 41.7 Å². The quantitative estimate of drug-likeness (QED) is 0.115. The van der Waals surface area contributed by atoms with Crippen LogP contribution in [-0.2, 0) is 33.6 Å². The van der Waals surface area contributed by atoms with Gasteiger partial charge in [-0.2, -0.15) is 0 Å². The first-order valence-electron chi connectivity index (χ1n) is 17.5. The minimum absolute atomic E-state index is 0.0180. The highest BCUT2D eigenvalue weighted by molar-refractivity contribution is 7.90. The van der Waals surface area contributed by atoms with Gasteiger partial charge in [0.05, 0.1) is 10.9 Å². The Morgan fingerprint density at radius 3 is 2.35 bits per heavy atom. The minimum Gasteiger partial charge on any atom is -0.370 e. The fourth-order valence-electron chi connectivity index (χ4n) is 6.91. The maximum absolute atomic E-state index is 14.2. The van der Waals surface area contributed by atoms with Crippen molar-refractivity contribution in [2.24, 2.45) is 5.73 Å². The zero-order valence-corrected chi connectivity index (χ0v) is 32.1. The second-order valence-corrected chi connectivity index (χ2v) is 17.6. The smallest absolute Gasteiger partial charge is 0.370 e. The van der Waals surface area contributed by atoms with Gasteiger partial charge < -0.3 is 46.3 Å². The highest BCUT2D eigenvalue weighted by Crippen LogP contribution is 2.39. The molecule has 20 heteroatoms. The van der Waals surface area contributed by atoms with E-state index in [9.17, 15) is 51.5 Å². The molecule has 0 bridgehead atoms. The largest absolute Gasteiger partial charge is 0.396 e. The molecule has 296 valence electrons. The van der Waals surface area contributed by atoms with E-state index in [4.69, 9.17) is 5.73 Å². The number of carbonyl (C=O) groups excluding carboxylic acids is 6. The van der Waals surface area contributed by atoms with Gasteiger partial charge in [-0.05, 0) is 88.2 Å². The molecular formula is C35H44N7O11PS. The molecule has 5 rings (SSSR count). The van der Waals surface area contributed by atoms with Crippen molar-refractivity contribution in [3.63, 3.8) is 0 Å². The van der Waals surface area contributed by atoms with E-state index in [0.29, 0.717) is 35.9 Å². The second-order valence-electron chi connectivity index (χ2n) is 14.0. The summed E-state index contributed by atoms with van der Waals surface area (Å²) in [4.78, 5) is 104. The van der Waals surface area contributed by atoms with Gasteiger partial charge in [0.15, 0.2) is 9.84 Å². The minimum atomic E-state index is -5.04. The number of rotatable bonds is 13. The Bertz CT molecular complexity index is 2170. The summed E-state index contributed by atoms with van der Waals surface area (Å²) >= 11 is 0. The molecule has 18 nitrogen and oxygen atoms in total. The summed E-state index contributed by atoms with van der Waals surface area (Å²) in [5, 5.41) is 8.57. The number of amides is 5. The van der Waals surface area contributed by atoms with Gasteiger partial charge in [-0.3, -0.25) is 33.3 Å². The lowest BCUT2D eigenvalue weighted by Crippen LogP contribution is -2.61. The van der Waals surface area contributed by atoms with E-state index in [0.717, 1.165) is 6.26 Å². The van der Waals surface area contributed by atoms with Crippen LogP contribution in [0.1, 0.15) is 71.5 Å². The van der Waals surface area contributed by atoms with E-state index < -0.39 is 76.7 Å². The molecule has 3 aromatic rings. The number of fused-ring (bicyclic) bond motifs is 2. The number of carbonyl (C=O) groups is 6. The van der Waals surface area contributed by atoms with Crippen LogP contribution in [0.5, 0.6) is 0 Å². The Morgan fingerprint density at radius 1 is 1.02 bits per heavy atom. The normalized spacial score (nSPS) is 20.5. The second kappa shape index (κ2) is 16.4. The van der Waals surface area contributed by atoms with Gasteiger partial charge in [-0.15, -0.1) is 0 Å². The summed E-state index contributed by atoms with van der Waals surface area (Å²) in [5.74, 6) is -3.12. The third-order valence-electron chi connectivity index (χ3n) is 9.86. The van der Waals surface area contributed by atoms with Gasteiger partial charge in [0.1, 0.15) is 23.8 Å². The van der Waals surface area contributed by atoms with Crippen LogP contribution in [0.2, 0.25) is 0 Å². The summed E-state index contributed by atoms with van der Waals surface area (Å²) < 4.78 is 35.2. The lowest BCUT2D eigenvalue weighted by Gasteiger charge is -2.38. The highest BCUT2D eigenvalue weighted by atomic mass is 32.2. The summed E-state index contributed by atoms with van der Waals surface area (Å²) in [6, 6.07) is 6.94. The summed E-state index contributed by atoms with van der Waals surface area (Å²) in [6.07, 6.45) is 2.04. The Balaban J connectivity index is 1.31. The SMILES string of the molecule is C[C@H](NC(=O)[C@H](CCC(N)=O)NC(=O)[C@@H]1CC[C@@H]2CCN(C)C[C@H](NC(=O)c3cc4cc(C(=O)P(=O)(O)O)ccc4[nH]3)C(=O)N21)c1ccc(S(C)(=O)=O)cc1. The average Bonchev–Trinajstić information content (AvgIpc) is 3.74. The van der Waals surface area contributed by atoms with E-state index in [1.807, 2.05) is 4.90 Å². The molecule has 1 aromatic heterocycles. The molecule has 2 aliphatic heterocycles. The van der Waals surface area contributed by atoms with Crippen LogP contribution in [0.25, 0.3) is 10.9 Å². The van der Waals surface area contributed by atoms with Gasteiger partial charge in [0.25, 0.3) is 11.4 Å². The summed E-state index contributed by atoms with van der Waals surface area (Å²) in [7, 11) is -6.67.